The Morgan fingerprint density at radius 1 is 1.04 bits per heavy atom. The Balaban J connectivity index is 1.34. The van der Waals surface area contributed by atoms with Crippen LogP contribution in [0.25, 0.3) is 0 Å². The molecule has 0 bridgehead atoms. The summed E-state index contributed by atoms with van der Waals surface area (Å²) in [5, 5.41) is 3.41. The van der Waals surface area contributed by atoms with Crippen molar-refractivity contribution in [1.82, 2.24) is 10.2 Å². The summed E-state index contributed by atoms with van der Waals surface area (Å²) in [4.78, 5) is 2.54. The third-order valence-electron chi connectivity index (χ3n) is 6.12. The van der Waals surface area contributed by atoms with Crippen molar-refractivity contribution >= 4 is 0 Å². The van der Waals surface area contributed by atoms with Crippen molar-refractivity contribution in [3.05, 3.63) is 58.4 Å². The molecule has 140 valence electrons. The van der Waals surface area contributed by atoms with Crippen LogP contribution in [0, 0.1) is 5.41 Å². The Hall–Kier alpha value is -1.58. The monoisotopic (exact) mass is 352 g/mol. The van der Waals surface area contributed by atoms with E-state index in [1.165, 1.54) is 30.0 Å². The molecule has 1 fully saturated rings. The lowest BCUT2D eigenvalue weighted by molar-refractivity contribution is 0.166. The summed E-state index contributed by atoms with van der Waals surface area (Å²) < 4.78 is 6.23. The highest BCUT2D eigenvalue weighted by Crippen LogP contribution is 2.44. The molecule has 0 radical (unpaired) electrons. The lowest BCUT2D eigenvalue weighted by Gasteiger charge is -2.37. The third kappa shape index (κ3) is 3.89. The van der Waals surface area contributed by atoms with Crippen LogP contribution >= 0.6 is 0 Å². The summed E-state index contributed by atoms with van der Waals surface area (Å²) in [5.41, 5.74) is 6.32. The van der Waals surface area contributed by atoms with Gasteiger partial charge in [0, 0.05) is 44.6 Å². The van der Waals surface area contributed by atoms with Crippen molar-refractivity contribution in [1.29, 1.82) is 0 Å². The molecular weight excluding hydrogens is 320 g/mol. The van der Waals surface area contributed by atoms with E-state index in [1.54, 1.807) is 11.1 Å². The highest BCUT2D eigenvalue weighted by atomic mass is 16.5. The van der Waals surface area contributed by atoms with E-state index in [0.29, 0.717) is 0 Å². The predicted octanol–water partition coefficient (Wildman–Crippen LogP) is 3.71. The van der Waals surface area contributed by atoms with Gasteiger partial charge in [-0.05, 0) is 36.5 Å². The Kier molecular flexibility index (Phi) is 5.19. The number of nitrogens with zero attached hydrogens (tertiary/aromatic N) is 1. The fourth-order valence-corrected chi connectivity index (χ4v) is 4.68. The van der Waals surface area contributed by atoms with E-state index in [1.807, 2.05) is 0 Å². The smallest absolute Gasteiger partial charge is 0.0969 e. The van der Waals surface area contributed by atoms with Crippen LogP contribution in [0.15, 0.2) is 47.2 Å². The maximum absolute atomic E-state index is 6.23. The summed E-state index contributed by atoms with van der Waals surface area (Å²) in [6.07, 6.45) is 6.69. The number of piperazine rings is 1. The lowest BCUT2D eigenvalue weighted by Crippen LogP contribution is -2.43. The van der Waals surface area contributed by atoms with Gasteiger partial charge < -0.3 is 15.0 Å². The van der Waals surface area contributed by atoms with Gasteiger partial charge in [0.1, 0.15) is 0 Å². The van der Waals surface area contributed by atoms with Crippen molar-refractivity contribution in [2.24, 2.45) is 5.41 Å². The van der Waals surface area contributed by atoms with Gasteiger partial charge in [0.05, 0.1) is 12.4 Å². The number of hydrogen-bond acceptors (Lipinski definition) is 3. The standard InChI is InChI=1S/C23H32N2O/c1-23(2)17-21(26-13-5-10-25-11-8-24-9-12-25)15-20-14-18-6-3-4-7-19(18)16-22(20)23/h3-4,6-7,17,24H,5,8-16H2,1-2H3. The number of allylic oxidation sites excluding steroid dienone is 3. The van der Waals surface area contributed by atoms with Crippen LogP contribution in [0.4, 0.5) is 0 Å². The van der Waals surface area contributed by atoms with Crippen molar-refractivity contribution in [2.75, 3.05) is 39.3 Å². The topological polar surface area (TPSA) is 24.5 Å². The Bertz CT molecular complexity index is 711. The molecule has 4 rings (SSSR count). The maximum atomic E-state index is 6.23. The third-order valence-corrected chi connectivity index (χ3v) is 6.12. The van der Waals surface area contributed by atoms with Gasteiger partial charge in [-0.2, -0.15) is 0 Å². The molecule has 0 spiro atoms. The van der Waals surface area contributed by atoms with Crippen LogP contribution in [-0.4, -0.2) is 44.2 Å². The maximum Gasteiger partial charge on any atom is 0.0969 e. The van der Waals surface area contributed by atoms with E-state index in [9.17, 15) is 0 Å². The van der Waals surface area contributed by atoms with Crippen LogP contribution < -0.4 is 5.32 Å². The zero-order chi connectivity index (χ0) is 18.0. The number of rotatable bonds is 5. The molecule has 0 amide bonds. The minimum absolute atomic E-state index is 0.106. The second-order valence-corrected chi connectivity index (χ2v) is 8.51. The van der Waals surface area contributed by atoms with Gasteiger partial charge in [0.2, 0.25) is 0 Å². The molecule has 0 atom stereocenters. The molecule has 1 aromatic rings. The SMILES string of the molecule is CC1(C)C=C(OCCCN2CCNCC2)CC2=C1Cc1ccccc1C2. The minimum atomic E-state index is 0.106. The van der Waals surface area contributed by atoms with Gasteiger partial charge >= 0.3 is 0 Å². The zero-order valence-electron chi connectivity index (χ0n) is 16.3. The van der Waals surface area contributed by atoms with E-state index in [4.69, 9.17) is 4.74 Å². The van der Waals surface area contributed by atoms with E-state index < -0.39 is 0 Å². The van der Waals surface area contributed by atoms with Crippen LogP contribution in [-0.2, 0) is 17.6 Å². The Morgan fingerprint density at radius 2 is 1.77 bits per heavy atom. The van der Waals surface area contributed by atoms with Crippen LogP contribution in [0.3, 0.4) is 0 Å². The summed E-state index contributed by atoms with van der Waals surface area (Å²) in [6, 6.07) is 8.92. The number of nitrogens with one attached hydrogen (secondary N) is 1. The molecule has 0 saturated carbocycles. The Labute approximate surface area is 158 Å². The molecule has 1 heterocycles. The summed E-state index contributed by atoms with van der Waals surface area (Å²) in [5.74, 6) is 1.19. The molecule has 3 aliphatic rings. The molecule has 0 aromatic heterocycles. The molecular formula is C23H32N2O. The fraction of sp³-hybridized carbons (Fsp3) is 0.565. The highest BCUT2D eigenvalue weighted by Gasteiger charge is 2.32. The molecule has 1 N–H and O–H groups in total. The first kappa shape index (κ1) is 17.8. The van der Waals surface area contributed by atoms with Gasteiger partial charge in [-0.1, -0.05) is 49.3 Å². The normalized spacial score (nSPS) is 22.5. The molecule has 3 heteroatoms. The van der Waals surface area contributed by atoms with Gasteiger partial charge in [0.15, 0.2) is 0 Å². The predicted molar refractivity (Wildman–Crippen MR) is 107 cm³/mol. The highest BCUT2D eigenvalue weighted by molar-refractivity contribution is 5.46. The van der Waals surface area contributed by atoms with Crippen molar-refractivity contribution in [3.63, 3.8) is 0 Å². The molecule has 1 saturated heterocycles. The second-order valence-electron chi connectivity index (χ2n) is 8.51. The molecule has 2 aliphatic carbocycles. The Morgan fingerprint density at radius 3 is 2.54 bits per heavy atom. The molecule has 3 nitrogen and oxygen atoms in total. The van der Waals surface area contributed by atoms with Crippen LogP contribution in [0.1, 0.15) is 37.8 Å². The van der Waals surface area contributed by atoms with Crippen LogP contribution in [0.2, 0.25) is 0 Å². The molecule has 1 aliphatic heterocycles. The van der Waals surface area contributed by atoms with Gasteiger partial charge in [-0.25, -0.2) is 0 Å². The summed E-state index contributed by atoms with van der Waals surface area (Å²) in [7, 11) is 0. The lowest BCUT2D eigenvalue weighted by atomic mass is 9.69. The molecule has 0 unspecified atom stereocenters. The fourth-order valence-electron chi connectivity index (χ4n) is 4.68. The van der Waals surface area contributed by atoms with Gasteiger partial charge in [-0.15, -0.1) is 0 Å². The van der Waals surface area contributed by atoms with E-state index in [2.05, 4.69) is 54.4 Å². The van der Waals surface area contributed by atoms with Crippen molar-refractivity contribution in [2.45, 2.75) is 39.5 Å². The first-order valence-corrected chi connectivity index (χ1v) is 10.2. The van der Waals surface area contributed by atoms with Crippen LogP contribution in [0.5, 0.6) is 0 Å². The molecule has 26 heavy (non-hydrogen) atoms. The number of fused-ring (bicyclic) bond motifs is 1. The number of benzene rings is 1. The van der Waals surface area contributed by atoms with Crippen molar-refractivity contribution in [3.8, 4) is 0 Å². The van der Waals surface area contributed by atoms with Gasteiger partial charge in [-0.3, -0.25) is 0 Å². The average molecular weight is 353 g/mol. The first-order chi connectivity index (χ1) is 12.6. The second kappa shape index (κ2) is 7.58. The van der Waals surface area contributed by atoms with E-state index >= 15 is 0 Å². The molecule has 1 aromatic carbocycles. The number of ether oxygens (including phenoxy) is 1. The van der Waals surface area contributed by atoms with E-state index in [0.717, 1.165) is 51.9 Å². The van der Waals surface area contributed by atoms with E-state index in [-0.39, 0.29) is 5.41 Å². The summed E-state index contributed by atoms with van der Waals surface area (Å²) in [6.45, 7) is 11.3. The first-order valence-electron chi connectivity index (χ1n) is 10.2. The van der Waals surface area contributed by atoms with Gasteiger partial charge in [0.25, 0.3) is 0 Å². The average Bonchev–Trinajstić information content (AvgIpc) is 2.64. The number of hydrogen-bond donors (Lipinski definition) is 1. The zero-order valence-corrected chi connectivity index (χ0v) is 16.3. The minimum Gasteiger partial charge on any atom is -0.498 e. The van der Waals surface area contributed by atoms with Crippen molar-refractivity contribution < 1.29 is 4.74 Å². The largest absolute Gasteiger partial charge is 0.498 e. The quantitative estimate of drug-likeness (QED) is 0.646. The summed E-state index contributed by atoms with van der Waals surface area (Å²) >= 11 is 0.